The Labute approximate surface area is 147 Å². The van der Waals surface area contributed by atoms with Crippen LogP contribution in [-0.4, -0.2) is 51.1 Å². The van der Waals surface area contributed by atoms with E-state index in [9.17, 15) is 9.59 Å². The lowest BCUT2D eigenvalue weighted by molar-refractivity contribution is -0.127. The molecule has 2 heterocycles. The number of nitrogens with zero attached hydrogens (tertiary/aromatic N) is 4. The number of benzene rings is 1. The number of nitrogens with one attached hydrogen (secondary N) is 1. The first kappa shape index (κ1) is 17.1. The fraction of sp³-hybridized carbons (Fsp3) is 0.444. The van der Waals surface area contributed by atoms with Crippen LogP contribution in [0, 0.1) is 6.92 Å². The zero-order valence-electron chi connectivity index (χ0n) is 14.7. The van der Waals surface area contributed by atoms with Crippen LogP contribution in [0.4, 0.5) is 0 Å². The molecule has 1 saturated heterocycles. The summed E-state index contributed by atoms with van der Waals surface area (Å²) < 4.78 is 1.71. The summed E-state index contributed by atoms with van der Waals surface area (Å²) in [6, 6.07) is 7.37. The topological polar surface area (TPSA) is 80.1 Å². The van der Waals surface area contributed by atoms with Crippen LogP contribution in [-0.2, 0) is 11.8 Å². The molecule has 0 spiro atoms. The molecule has 0 saturated carbocycles. The average Bonchev–Trinajstić information content (AvgIpc) is 3.16. The van der Waals surface area contributed by atoms with E-state index in [1.165, 1.54) is 0 Å². The van der Waals surface area contributed by atoms with Gasteiger partial charge in [0.05, 0.1) is 0 Å². The van der Waals surface area contributed by atoms with Gasteiger partial charge in [-0.15, -0.1) is 0 Å². The summed E-state index contributed by atoms with van der Waals surface area (Å²) in [7, 11) is 1.84. The molecule has 1 aromatic heterocycles. The van der Waals surface area contributed by atoms with E-state index in [2.05, 4.69) is 15.4 Å². The van der Waals surface area contributed by atoms with Gasteiger partial charge in [-0.3, -0.25) is 9.59 Å². The summed E-state index contributed by atoms with van der Waals surface area (Å²) in [4.78, 5) is 30.1. The van der Waals surface area contributed by atoms with Gasteiger partial charge in [-0.1, -0.05) is 12.1 Å². The smallest absolute Gasteiger partial charge is 0.251 e. The summed E-state index contributed by atoms with van der Waals surface area (Å²) in [6.45, 7) is 3.93. The van der Waals surface area contributed by atoms with Gasteiger partial charge in [0.15, 0.2) is 5.82 Å². The Hall–Kier alpha value is -2.70. The third-order valence-corrected chi connectivity index (χ3v) is 4.31. The van der Waals surface area contributed by atoms with Crippen molar-refractivity contribution in [2.45, 2.75) is 26.2 Å². The molecule has 7 heteroatoms. The van der Waals surface area contributed by atoms with Crippen molar-refractivity contribution in [1.82, 2.24) is 25.0 Å². The number of rotatable bonds is 6. The standard InChI is InChI=1S/C18H23N5O2/c1-13-20-17(22(2)21-13)14-6-3-7-15(12-14)18(25)19-9-5-11-23-10-4-8-16(23)24/h3,6-7,12H,4-5,8-11H2,1-2H3,(H,19,25). The fourth-order valence-electron chi connectivity index (χ4n) is 3.08. The van der Waals surface area contributed by atoms with Gasteiger partial charge >= 0.3 is 0 Å². The monoisotopic (exact) mass is 341 g/mol. The number of amides is 2. The zero-order valence-corrected chi connectivity index (χ0v) is 14.7. The Bertz CT molecular complexity index is 784. The van der Waals surface area contributed by atoms with Crippen molar-refractivity contribution in [2.75, 3.05) is 19.6 Å². The van der Waals surface area contributed by atoms with Crippen LogP contribution in [0.5, 0.6) is 0 Å². The summed E-state index contributed by atoms with van der Waals surface area (Å²) in [5.41, 5.74) is 1.45. The number of carbonyl (C=O) groups excluding carboxylic acids is 2. The highest BCUT2D eigenvalue weighted by Crippen LogP contribution is 2.18. The minimum absolute atomic E-state index is 0.117. The normalized spacial score (nSPS) is 14.2. The molecular weight excluding hydrogens is 318 g/mol. The summed E-state index contributed by atoms with van der Waals surface area (Å²) >= 11 is 0. The Kier molecular flexibility index (Phi) is 5.11. The molecule has 1 aliphatic rings. The number of carbonyl (C=O) groups is 2. The second-order valence-corrected chi connectivity index (χ2v) is 6.28. The SMILES string of the molecule is Cc1nc(-c2cccc(C(=O)NCCCN3CCCC3=O)c2)n(C)n1. The predicted molar refractivity (Wildman–Crippen MR) is 93.9 cm³/mol. The molecule has 25 heavy (non-hydrogen) atoms. The van der Waals surface area contributed by atoms with Crippen LogP contribution in [0.15, 0.2) is 24.3 Å². The van der Waals surface area contributed by atoms with E-state index in [0.717, 1.165) is 30.8 Å². The van der Waals surface area contributed by atoms with Gasteiger partial charge in [-0.2, -0.15) is 5.10 Å². The number of aryl methyl sites for hydroxylation is 2. The van der Waals surface area contributed by atoms with E-state index >= 15 is 0 Å². The second-order valence-electron chi connectivity index (χ2n) is 6.28. The van der Waals surface area contributed by atoms with Gasteiger partial charge < -0.3 is 10.2 Å². The van der Waals surface area contributed by atoms with E-state index in [4.69, 9.17) is 0 Å². The van der Waals surface area contributed by atoms with E-state index in [-0.39, 0.29) is 11.8 Å². The summed E-state index contributed by atoms with van der Waals surface area (Å²) in [5.74, 6) is 1.54. The highest BCUT2D eigenvalue weighted by atomic mass is 16.2. The van der Waals surface area contributed by atoms with E-state index in [1.807, 2.05) is 37.1 Å². The summed E-state index contributed by atoms with van der Waals surface area (Å²) in [6.07, 6.45) is 2.36. The molecule has 3 rings (SSSR count). The third kappa shape index (κ3) is 4.04. The van der Waals surface area contributed by atoms with Crippen LogP contribution >= 0.6 is 0 Å². The number of hydrogen-bond donors (Lipinski definition) is 1. The van der Waals surface area contributed by atoms with Crippen molar-refractivity contribution in [3.63, 3.8) is 0 Å². The number of likely N-dealkylation sites (tertiary alicyclic amines) is 1. The maximum Gasteiger partial charge on any atom is 0.251 e. The average molecular weight is 341 g/mol. The Morgan fingerprint density at radius 2 is 2.20 bits per heavy atom. The van der Waals surface area contributed by atoms with Crippen molar-refractivity contribution in [1.29, 1.82) is 0 Å². The largest absolute Gasteiger partial charge is 0.352 e. The predicted octanol–water partition coefficient (Wildman–Crippen LogP) is 1.53. The maximum absolute atomic E-state index is 12.3. The van der Waals surface area contributed by atoms with Crippen LogP contribution < -0.4 is 5.32 Å². The van der Waals surface area contributed by atoms with Gasteiger partial charge in [0.25, 0.3) is 5.91 Å². The van der Waals surface area contributed by atoms with E-state index < -0.39 is 0 Å². The second kappa shape index (κ2) is 7.46. The molecule has 1 aliphatic heterocycles. The third-order valence-electron chi connectivity index (χ3n) is 4.31. The van der Waals surface area contributed by atoms with Gasteiger partial charge in [0.2, 0.25) is 5.91 Å². The van der Waals surface area contributed by atoms with Crippen molar-refractivity contribution in [3.8, 4) is 11.4 Å². The van der Waals surface area contributed by atoms with Crippen molar-refractivity contribution >= 4 is 11.8 Å². The van der Waals surface area contributed by atoms with Gasteiger partial charge in [-0.05, 0) is 31.9 Å². The quantitative estimate of drug-likeness (QED) is 0.808. The Morgan fingerprint density at radius 1 is 1.36 bits per heavy atom. The molecule has 0 bridgehead atoms. The Balaban J connectivity index is 1.56. The van der Waals surface area contributed by atoms with Crippen LogP contribution in [0.25, 0.3) is 11.4 Å². The van der Waals surface area contributed by atoms with Crippen molar-refractivity contribution < 1.29 is 9.59 Å². The molecule has 1 fully saturated rings. The van der Waals surface area contributed by atoms with Gasteiger partial charge in [0, 0.05) is 44.2 Å². The lowest BCUT2D eigenvalue weighted by Gasteiger charge is -2.15. The van der Waals surface area contributed by atoms with Crippen LogP contribution in [0.3, 0.4) is 0 Å². The van der Waals surface area contributed by atoms with Crippen molar-refractivity contribution in [2.24, 2.45) is 7.05 Å². The first-order chi connectivity index (χ1) is 12.0. The molecule has 0 radical (unpaired) electrons. The van der Waals surface area contributed by atoms with E-state index in [0.29, 0.717) is 30.9 Å². The molecule has 2 amide bonds. The molecule has 0 aliphatic carbocycles. The molecule has 7 nitrogen and oxygen atoms in total. The number of aromatic nitrogens is 3. The minimum Gasteiger partial charge on any atom is -0.352 e. The summed E-state index contributed by atoms with van der Waals surface area (Å²) in [5, 5.41) is 7.16. The zero-order chi connectivity index (χ0) is 17.8. The van der Waals surface area contributed by atoms with E-state index in [1.54, 1.807) is 10.7 Å². The molecule has 132 valence electrons. The first-order valence-corrected chi connectivity index (χ1v) is 8.58. The molecule has 2 aromatic rings. The van der Waals surface area contributed by atoms with Crippen LogP contribution in [0.2, 0.25) is 0 Å². The lowest BCUT2D eigenvalue weighted by Crippen LogP contribution is -2.30. The van der Waals surface area contributed by atoms with Crippen LogP contribution in [0.1, 0.15) is 35.4 Å². The lowest BCUT2D eigenvalue weighted by atomic mass is 10.1. The molecule has 0 atom stereocenters. The molecular formula is C18H23N5O2. The minimum atomic E-state index is -0.117. The number of hydrogen-bond acceptors (Lipinski definition) is 4. The maximum atomic E-state index is 12.3. The molecule has 1 aromatic carbocycles. The molecule has 0 unspecified atom stereocenters. The first-order valence-electron chi connectivity index (χ1n) is 8.58. The Morgan fingerprint density at radius 3 is 2.88 bits per heavy atom. The highest BCUT2D eigenvalue weighted by Gasteiger charge is 2.19. The molecule has 1 N–H and O–H groups in total. The fourth-order valence-corrected chi connectivity index (χ4v) is 3.08. The van der Waals surface area contributed by atoms with Gasteiger partial charge in [0.1, 0.15) is 5.82 Å². The highest BCUT2D eigenvalue weighted by molar-refractivity contribution is 5.95. The van der Waals surface area contributed by atoms with Gasteiger partial charge in [-0.25, -0.2) is 9.67 Å². The van der Waals surface area contributed by atoms with Crippen molar-refractivity contribution in [3.05, 3.63) is 35.7 Å².